The van der Waals surface area contributed by atoms with Gasteiger partial charge in [0.1, 0.15) is 0 Å². The summed E-state index contributed by atoms with van der Waals surface area (Å²) in [6.45, 7) is 6.63. The molecule has 1 fully saturated rings. The molecule has 2 amide bonds. The summed E-state index contributed by atoms with van der Waals surface area (Å²) in [6.07, 6.45) is 1.36. The van der Waals surface area contributed by atoms with Crippen LogP contribution in [0.2, 0.25) is 0 Å². The average molecular weight is 212 g/mol. The van der Waals surface area contributed by atoms with Crippen LogP contribution in [0.3, 0.4) is 0 Å². The minimum absolute atomic E-state index is 0.0359. The molecule has 0 bridgehead atoms. The van der Waals surface area contributed by atoms with Crippen LogP contribution >= 0.6 is 0 Å². The molecule has 5 heteroatoms. The first-order chi connectivity index (χ1) is 6.98. The van der Waals surface area contributed by atoms with E-state index >= 15 is 0 Å². The number of primary amides is 1. The number of amides is 2. The quantitative estimate of drug-likeness (QED) is 0.479. The SMILES string of the molecule is C=CC(=O)[N+]1(C)CCN(CC(N)=O)CC1. The lowest BCUT2D eigenvalue weighted by atomic mass is 10.2. The second-order valence-electron chi connectivity index (χ2n) is 4.13. The molecule has 1 aliphatic heterocycles. The van der Waals surface area contributed by atoms with Crippen LogP contribution in [0.5, 0.6) is 0 Å². The number of hydrogen-bond donors (Lipinski definition) is 1. The van der Waals surface area contributed by atoms with Gasteiger partial charge in [-0.15, -0.1) is 0 Å². The van der Waals surface area contributed by atoms with E-state index in [2.05, 4.69) is 6.58 Å². The van der Waals surface area contributed by atoms with Crippen molar-refractivity contribution in [3.8, 4) is 0 Å². The van der Waals surface area contributed by atoms with E-state index in [1.165, 1.54) is 6.08 Å². The number of carbonyl (C=O) groups is 2. The van der Waals surface area contributed by atoms with Crippen molar-refractivity contribution in [2.75, 3.05) is 39.8 Å². The summed E-state index contributed by atoms with van der Waals surface area (Å²) >= 11 is 0. The normalized spacial score (nSPS) is 20.9. The second-order valence-corrected chi connectivity index (χ2v) is 4.13. The van der Waals surface area contributed by atoms with Crippen LogP contribution in [-0.4, -0.2) is 61.0 Å². The van der Waals surface area contributed by atoms with Gasteiger partial charge >= 0.3 is 5.91 Å². The van der Waals surface area contributed by atoms with Gasteiger partial charge in [0.25, 0.3) is 0 Å². The standard InChI is InChI=1S/C10H17N3O2/c1-3-10(15)13(2)6-4-12(5-7-13)8-9(11)14/h3H,1,4-8H2,2H3,(H-,11,14)/p+1. The fourth-order valence-electron chi connectivity index (χ4n) is 1.77. The summed E-state index contributed by atoms with van der Waals surface area (Å²) in [7, 11) is 1.89. The van der Waals surface area contributed by atoms with Gasteiger partial charge in [-0.25, -0.2) is 4.79 Å². The summed E-state index contributed by atoms with van der Waals surface area (Å²) in [5.41, 5.74) is 5.11. The molecule has 0 aromatic rings. The van der Waals surface area contributed by atoms with Crippen LogP contribution in [0.4, 0.5) is 0 Å². The Morgan fingerprint density at radius 1 is 1.47 bits per heavy atom. The molecule has 0 unspecified atom stereocenters. The van der Waals surface area contributed by atoms with E-state index < -0.39 is 0 Å². The van der Waals surface area contributed by atoms with Gasteiger partial charge in [0.05, 0.1) is 26.7 Å². The third kappa shape index (κ3) is 2.87. The van der Waals surface area contributed by atoms with Gasteiger partial charge in [-0.1, -0.05) is 6.58 Å². The molecule has 0 saturated carbocycles. The van der Waals surface area contributed by atoms with E-state index in [0.717, 1.165) is 13.1 Å². The number of piperazine rings is 1. The van der Waals surface area contributed by atoms with Crippen molar-refractivity contribution in [3.05, 3.63) is 12.7 Å². The molecule has 1 rings (SSSR count). The average Bonchev–Trinajstić information content (AvgIpc) is 2.20. The highest BCUT2D eigenvalue weighted by atomic mass is 16.2. The Kier molecular flexibility index (Phi) is 3.60. The zero-order valence-electron chi connectivity index (χ0n) is 9.11. The topological polar surface area (TPSA) is 63.4 Å². The Bertz CT molecular complexity index is 280. The van der Waals surface area contributed by atoms with E-state index in [1.54, 1.807) is 0 Å². The molecule has 84 valence electrons. The molecule has 0 spiro atoms. The van der Waals surface area contributed by atoms with Crippen molar-refractivity contribution in [2.24, 2.45) is 5.73 Å². The lowest BCUT2D eigenvalue weighted by Gasteiger charge is -2.38. The number of carbonyl (C=O) groups excluding carboxylic acids is 2. The second kappa shape index (κ2) is 4.55. The van der Waals surface area contributed by atoms with Crippen LogP contribution in [0.15, 0.2) is 12.7 Å². The number of hydrogen-bond acceptors (Lipinski definition) is 3. The first kappa shape index (κ1) is 11.9. The van der Waals surface area contributed by atoms with Crippen molar-refractivity contribution in [1.29, 1.82) is 0 Å². The maximum atomic E-state index is 11.6. The summed E-state index contributed by atoms with van der Waals surface area (Å²) in [4.78, 5) is 24.2. The summed E-state index contributed by atoms with van der Waals surface area (Å²) in [5.74, 6) is -0.283. The van der Waals surface area contributed by atoms with Gasteiger partial charge in [-0.3, -0.25) is 14.2 Å². The van der Waals surface area contributed by atoms with Gasteiger partial charge in [-0.2, -0.15) is 0 Å². The predicted molar refractivity (Wildman–Crippen MR) is 56.8 cm³/mol. The molecule has 2 N–H and O–H groups in total. The number of likely N-dealkylation sites (N-methyl/N-ethyl adjacent to an activating group) is 1. The summed E-state index contributed by atoms with van der Waals surface area (Å²) < 4.78 is 0.374. The first-order valence-corrected chi connectivity index (χ1v) is 5.00. The molecule has 0 radical (unpaired) electrons. The molecular weight excluding hydrogens is 194 g/mol. The van der Waals surface area contributed by atoms with E-state index in [4.69, 9.17) is 5.73 Å². The van der Waals surface area contributed by atoms with Gasteiger partial charge in [0.2, 0.25) is 5.91 Å². The van der Waals surface area contributed by atoms with Crippen molar-refractivity contribution >= 4 is 11.8 Å². The maximum absolute atomic E-state index is 11.6. The summed E-state index contributed by atoms with van der Waals surface area (Å²) in [5, 5.41) is 0. The molecule has 1 heterocycles. The highest BCUT2D eigenvalue weighted by molar-refractivity contribution is 5.80. The fraction of sp³-hybridized carbons (Fsp3) is 0.600. The minimum Gasteiger partial charge on any atom is -0.369 e. The predicted octanol–water partition coefficient (Wildman–Crippen LogP) is -1.05. The Balaban J connectivity index is 2.51. The molecule has 0 aliphatic carbocycles. The van der Waals surface area contributed by atoms with Gasteiger partial charge in [-0.05, 0) is 0 Å². The van der Waals surface area contributed by atoms with Gasteiger partial charge in [0.15, 0.2) is 0 Å². The van der Waals surface area contributed by atoms with E-state index in [9.17, 15) is 9.59 Å². The third-order valence-electron chi connectivity index (χ3n) is 2.91. The largest absolute Gasteiger partial charge is 0.369 e. The van der Waals surface area contributed by atoms with Crippen molar-refractivity contribution in [1.82, 2.24) is 4.90 Å². The van der Waals surface area contributed by atoms with Crippen molar-refractivity contribution < 1.29 is 14.1 Å². The van der Waals surface area contributed by atoms with Crippen LogP contribution in [0, 0.1) is 0 Å². The highest BCUT2D eigenvalue weighted by Gasteiger charge is 2.34. The first-order valence-electron chi connectivity index (χ1n) is 5.00. The molecular formula is C10H18N3O2+. The zero-order valence-corrected chi connectivity index (χ0v) is 9.11. The molecule has 15 heavy (non-hydrogen) atoms. The zero-order chi connectivity index (χ0) is 11.5. The Morgan fingerprint density at radius 2 is 2.00 bits per heavy atom. The Labute approximate surface area is 89.7 Å². The highest BCUT2D eigenvalue weighted by Crippen LogP contribution is 2.10. The molecule has 1 aliphatic rings. The van der Waals surface area contributed by atoms with E-state index in [1.807, 2.05) is 11.9 Å². The molecule has 0 aromatic carbocycles. The minimum atomic E-state index is -0.318. The van der Waals surface area contributed by atoms with Crippen LogP contribution in [0.1, 0.15) is 0 Å². The van der Waals surface area contributed by atoms with Crippen LogP contribution < -0.4 is 5.73 Å². The Hall–Kier alpha value is -1.20. The molecule has 0 atom stereocenters. The van der Waals surface area contributed by atoms with Crippen LogP contribution in [0.25, 0.3) is 0 Å². The van der Waals surface area contributed by atoms with E-state index in [-0.39, 0.29) is 18.4 Å². The Morgan fingerprint density at radius 3 is 2.40 bits per heavy atom. The third-order valence-corrected chi connectivity index (χ3v) is 2.91. The molecule has 1 saturated heterocycles. The van der Waals surface area contributed by atoms with Crippen molar-refractivity contribution in [3.63, 3.8) is 0 Å². The van der Waals surface area contributed by atoms with Gasteiger partial charge in [0, 0.05) is 19.2 Å². The molecule has 5 nitrogen and oxygen atoms in total. The smallest absolute Gasteiger partial charge is 0.337 e. The van der Waals surface area contributed by atoms with E-state index in [0.29, 0.717) is 17.6 Å². The maximum Gasteiger partial charge on any atom is 0.337 e. The van der Waals surface area contributed by atoms with Gasteiger partial charge < -0.3 is 5.73 Å². The number of rotatable bonds is 3. The monoisotopic (exact) mass is 212 g/mol. The number of nitrogens with two attached hydrogens (primary N) is 1. The van der Waals surface area contributed by atoms with Crippen LogP contribution in [-0.2, 0) is 9.59 Å². The number of nitrogens with zero attached hydrogens (tertiary/aromatic N) is 2. The lowest BCUT2D eigenvalue weighted by molar-refractivity contribution is -0.837. The lowest BCUT2D eigenvalue weighted by Crippen LogP contribution is -2.60. The van der Waals surface area contributed by atoms with Crippen molar-refractivity contribution in [2.45, 2.75) is 0 Å². The molecule has 0 aromatic heterocycles. The number of quaternary nitrogens is 1. The fourth-order valence-corrected chi connectivity index (χ4v) is 1.77. The summed E-state index contributed by atoms with van der Waals surface area (Å²) in [6, 6.07) is 0.